The summed E-state index contributed by atoms with van der Waals surface area (Å²) in [5.41, 5.74) is 6.88. The van der Waals surface area contributed by atoms with Crippen LogP contribution in [0.3, 0.4) is 0 Å². The van der Waals surface area contributed by atoms with E-state index in [1.807, 2.05) is 0 Å². The van der Waals surface area contributed by atoms with Gasteiger partial charge in [-0.15, -0.1) is 0 Å². The van der Waals surface area contributed by atoms with Gasteiger partial charge in [-0.2, -0.15) is 0 Å². The molecule has 1 rings (SSSR count). The molecule has 0 aromatic heterocycles. The molecule has 0 saturated heterocycles. The average molecular weight is 284 g/mol. The summed E-state index contributed by atoms with van der Waals surface area (Å²) in [5, 5.41) is 0. The van der Waals surface area contributed by atoms with E-state index in [4.69, 9.17) is 10.5 Å². The van der Waals surface area contributed by atoms with Crippen molar-refractivity contribution in [2.24, 2.45) is 17.1 Å². The third-order valence-corrected chi connectivity index (χ3v) is 5.93. The summed E-state index contributed by atoms with van der Waals surface area (Å²) >= 11 is 0. The van der Waals surface area contributed by atoms with Crippen LogP contribution in [0.15, 0.2) is 0 Å². The molecule has 0 unspecified atom stereocenters. The minimum atomic E-state index is 0.216. The van der Waals surface area contributed by atoms with Crippen molar-refractivity contribution in [1.29, 1.82) is 0 Å². The fourth-order valence-electron chi connectivity index (χ4n) is 3.81. The first-order valence-corrected chi connectivity index (χ1v) is 8.39. The Bertz CT molecular complexity index is 270. The summed E-state index contributed by atoms with van der Waals surface area (Å²) in [6.07, 6.45) is 6.40. The van der Waals surface area contributed by atoms with Crippen molar-refractivity contribution in [2.45, 2.75) is 65.3 Å². The third-order valence-electron chi connectivity index (χ3n) is 5.93. The van der Waals surface area contributed by atoms with Gasteiger partial charge in [0.1, 0.15) is 0 Å². The molecular formula is C17H36N2O. The maximum absolute atomic E-state index is 6.19. The normalized spacial score (nSPS) is 28.1. The minimum Gasteiger partial charge on any atom is -0.383 e. The molecule has 1 fully saturated rings. The molecule has 0 radical (unpaired) electrons. The number of likely N-dealkylation sites (N-methyl/N-ethyl adjacent to an activating group) is 1. The highest BCUT2D eigenvalue weighted by molar-refractivity contribution is 4.97. The van der Waals surface area contributed by atoms with Crippen LogP contribution in [0, 0.1) is 11.3 Å². The Kier molecular flexibility index (Phi) is 6.96. The zero-order chi connectivity index (χ0) is 15.2. The van der Waals surface area contributed by atoms with Crippen LogP contribution in [0.25, 0.3) is 0 Å². The molecule has 0 bridgehead atoms. The second-order valence-corrected chi connectivity index (χ2v) is 7.12. The molecule has 0 heterocycles. The highest BCUT2D eigenvalue weighted by Crippen LogP contribution is 2.44. The van der Waals surface area contributed by atoms with E-state index in [9.17, 15) is 0 Å². The second-order valence-electron chi connectivity index (χ2n) is 7.12. The third kappa shape index (κ3) is 3.96. The molecule has 1 aliphatic carbocycles. The molecule has 0 aromatic carbocycles. The van der Waals surface area contributed by atoms with Crippen molar-refractivity contribution in [1.82, 2.24) is 4.90 Å². The van der Waals surface area contributed by atoms with Gasteiger partial charge in [-0.1, -0.05) is 34.1 Å². The van der Waals surface area contributed by atoms with E-state index in [1.165, 1.54) is 32.1 Å². The molecule has 0 atom stereocenters. The van der Waals surface area contributed by atoms with Crippen LogP contribution in [0.2, 0.25) is 0 Å². The summed E-state index contributed by atoms with van der Waals surface area (Å²) in [6.45, 7) is 13.1. The lowest BCUT2D eigenvalue weighted by atomic mass is 9.65. The Balaban J connectivity index is 2.69. The maximum Gasteiger partial charge on any atom is 0.0589 e. The number of hydrogen-bond acceptors (Lipinski definition) is 3. The second kappa shape index (κ2) is 7.77. The first kappa shape index (κ1) is 17.9. The van der Waals surface area contributed by atoms with Crippen LogP contribution in [0.4, 0.5) is 0 Å². The summed E-state index contributed by atoms with van der Waals surface area (Å²) < 4.78 is 5.26. The van der Waals surface area contributed by atoms with E-state index in [0.29, 0.717) is 5.41 Å². The van der Waals surface area contributed by atoms with Gasteiger partial charge >= 0.3 is 0 Å². The van der Waals surface area contributed by atoms with Crippen molar-refractivity contribution in [2.75, 3.05) is 33.4 Å². The number of hydrogen-bond donors (Lipinski definition) is 1. The van der Waals surface area contributed by atoms with Crippen LogP contribution in [-0.4, -0.2) is 43.8 Å². The number of ether oxygens (including phenoxy) is 1. The minimum absolute atomic E-state index is 0.216. The molecule has 2 N–H and O–H groups in total. The standard InChI is InChI=1S/C17H36N2O/c1-6-16(3,4)15-8-10-17(14-18,11-9-15)19(7-2)12-13-20-5/h15H,6-14,18H2,1-5H3. The number of rotatable bonds is 8. The van der Waals surface area contributed by atoms with Crippen LogP contribution < -0.4 is 5.73 Å². The topological polar surface area (TPSA) is 38.5 Å². The Labute approximate surface area is 126 Å². The molecule has 1 aliphatic rings. The number of nitrogens with two attached hydrogens (primary N) is 1. The SMILES string of the molecule is CCN(CCOC)C1(CN)CCC(C(C)(C)CC)CC1. The molecule has 120 valence electrons. The van der Waals surface area contributed by atoms with E-state index in [0.717, 1.165) is 32.2 Å². The first-order valence-electron chi connectivity index (χ1n) is 8.39. The van der Waals surface area contributed by atoms with E-state index in [1.54, 1.807) is 7.11 Å². The van der Waals surface area contributed by atoms with Gasteiger partial charge < -0.3 is 10.5 Å². The van der Waals surface area contributed by atoms with Crippen LogP contribution >= 0.6 is 0 Å². The quantitative estimate of drug-likeness (QED) is 0.743. The van der Waals surface area contributed by atoms with Gasteiger partial charge in [-0.05, 0) is 43.6 Å². The number of nitrogens with zero attached hydrogens (tertiary/aromatic N) is 1. The predicted octanol–water partition coefficient (Wildman–Crippen LogP) is 3.28. The largest absolute Gasteiger partial charge is 0.383 e. The molecule has 0 aliphatic heterocycles. The summed E-state index contributed by atoms with van der Waals surface area (Å²) in [4.78, 5) is 2.56. The van der Waals surface area contributed by atoms with Crippen LogP contribution in [-0.2, 0) is 4.74 Å². The Hall–Kier alpha value is -0.120. The Morgan fingerprint density at radius 1 is 1.25 bits per heavy atom. The van der Waals surface area contributed by atoms with Gasteiger partial charge in [0.15, 0.2) is 0 Å². The lowest BCUT2D eigenvalue weighted by Gasteiger charge is -2.50. The van der Waals surface area contributed by atoms with Crippen LogP contribution in [0.5, 0.6) is 0 Å². The lowest BCUT2D eigenvalue weighted by Crippen LogP contribution is -2.57. The van der Waals surface area contributed by atoms with E-state index < -0.39 is 0 Å². The van der Waals surface area contributed by atoms with Gasteiger partial charge in [0.25, 0.3) is 0 Å². The molecule has 3 nitrogen and oxygen atoms in total. The van der Waals surface area contributed by atoms with E-state index in [-0.39, 0.29) is 5.54 Å². The molecule has 3 heteroatoms. The summed E-state index contributed by atoms with van der Waals surface area (Å²) in [7, 11) is 1.78. The summed E-state index contributed by atoms with van der Waals surface area (Å²) in [6, 6.07) is 0. The Morgan fingerprint density at radius 2 is 1.85 bits per heavy atom. The van der Waals surface area contributed by atoms with E-state index >= 15 is 0 Å². The van der Waals surface area contributed by atoms with Crippen molar-refractivity contribution in [3.05, 3.63) is 0 Å². The van der Waals surface area contributed by atoms with Crippen molar-refractivity contribution < 1.29 is 4.74 Å². The molecule has 0 aromatic rings. The zero-order valence-electron chi connectivity index (χ0n) is 14.4. The molecule has 1 saturated carbocycles. The van der Waals surface area contributed by atoms with Crippen molar-refractivity contribution in [3.63, 3.8) is 0 Å². The molecule has 0 spiro atoms. The maximum atomic E-state index is 6.19. The van der Waals surface area contributed by atoms with Gasteiger partial charge in [0.05, 0.1) is 6.61 Å². The van der Waals surface area contributed by atoms with Crippen LogP contribution in [0.1, 0.15) is 59.8 Å². The Morgan fingerprint density at radius 3 is 2.25 bits per heavy atom. The highest BCUT2D eigenvalue weighted by Gasteiger charge is 2.41. The fourth-order valence-corrected chi connectivity index (χ4v) is 3.81. The summed E-state index contributed by atoms with van der Waals surface area (Å²) in [5.74, 6) is 0.855. The molecular weight excluding hydrogens is 248 g/mol. The lowest BCUT2D eigenvalue weighted by molar-refractivity contribution is 0.00625. The van der Waals surface area contributed by atoms with Crippen molar-refractivity contribution >= 4 is 0 Å². The number of methoxy groups -OCH3 is 1. The fraction of sp³-hybridized carbons (Fsp3) is 1.00. The van der Waals surface area contributed by atoms with Gasteiger partial charge in [0, 0.05) is 25.7 Å². The average Bonchev–Trinajstić information content (AvgIpc) is 2.48. The molecule has 0 amide bonds. The zero-order valence-corrected chi connectivity index (χ0v) is 14.4. The van der Waals surface area contributed by atoms with Crippen molar-refractivity contribution in [3.8, 4) is 0 Å². The molecule has 20 heavy (non-hydrogen) atoms. The first-order chi connectivity index (χ1) is 9.45. The predicted molar refractivity (Wildman–Crippen MR) is 86.9 cm³/mol. The van der Waals surface area contributed by atoms with Gasteiger partial charge in [-0.3, -0.25) is 4.90 Å². The van der Waals surface area contributed by atoms with Gasteiger partial charge in [0.2, 0.25) is 0 Å². The van der Waals surface area contributed by atoms with Gasteiger partial charge in [-0.25, -0.2) is 0 Å². The monoisotopic (exact) mass is 284 g/mol. The smallest absolute Gasteiger partial charge is 0.0589 e. The van der Waals surface area contributed by atoms with E-state index in [2.05, 4.69) is 32.6 Å². The highest BCUT2D eigenvalue weighted by atomic mass is 16.5.